The van der Waals surface area contributed by atoms with Crippen molar-refractivity contribution < 1.29 is 0 Å². The highest BCUT2D eigenvalue weighted by Crippen LogP contribution is 2.32. The molecule has 2 fully saturated rings. The van der Waals surface area contributed by atoms with E-state index in [1.165, 1.54) is 18.7 Å². The van der Waals surface area contributed by atoms with E-state index in [-0.39, 0.29) is 0 Å². The van der Waals surface area contributed by atoms with E-state index in [1.807, 2.05) is 13.1 Å². The number of nitrogens with zero attached hydrogens (tertiary/aromatic N) is 2. The lowest BCUT2D eigenvalue weighted by atomic mass is 10.1. The summed E-state index contributed by atoms with van der Waals surface area (Å²) in [4.78, 5) is 6.71. The number of aryl methyl sites for hydroxylation is 1. The molecule has 1 N–H and O–H groups in total. The van der Waals surface area contributed by atoms with Gasteiger partial charge in [-0.3, -0.25) is 0 Å². The largest absolute Gasteiger partial charge is 0.366 e. The maximum atomic E-state index is 5.96. The number of aromatic nitrogens is 1. The molecule has 3 nitrogen and oxygen atoms in total. The second kappa shape index (κ2) is 3.90. The van der Waals surface area contributed by atoms with E-state index in [9.17, 15) is 0 Å². The molecule has 3 rings (SSSR count). The smallest absolute Gasteiger partial charge is 0.132 e. The van der Waals surface area contributed by atoms with Gasteiger partial charge in [0.05, 0.1) is 11.9 Å². The average molecular weight is 238 g/mol. The van der Waals surface area contributed by atoms with Crippen molar-refractivity contribution in [1.29, 1.82) is 0 Å². The highest BCUT2D eigenvalue weighted by atomic mass is 35.5. The lowest BCUT2D eigenvalue weighted by molar-refractivity contribution is 0.578. The van der Waals surface area contributed by atoms with Crippen molar-refractivity contribution in [2.45, 2.75) is 19.4 Å². The number of rotatable bonds is 1. The Bertz CT molecular complexity index is 407. The zero-order valence-electron chi connectivity index (χ0n) is 9.41. The molecule has 0 amide bonds. The summed E-state index contributed by atoms with van der Waals surface area (Å²) in [6, 6.07) is 2.80. The first-order chi connectivity index (χ1) is 7.75. The average Bonchev–Trinajstić information content (AvgIpc) is 2.83. The van der Waals surface area contributed by atoms with Crippen molar-refractivity contribution in [2.75, 3.05) is 24.5 Å². The molecule has 2 aliphatic heterocycles. The lowest BCUT2D eigenvalue weighted by Crippen LogP contribution is -2.34. The fraction of sp³-hybridized carbons (Fsp3) is 0.583. The zero-order chi connectivity index (χ0) is 11.1. The van der Waals surface area contributed by atoms with Crippen LogP contribution in [0.3, 0.4) is 0 Å². The Morgan fingerprint density at radius 1 is 1.50 bits per heavy atom. The van der Waals surface area contributed by atoms with Crippen molar-refractivity contribution in [3.63, 3.8) is 0 Å². The molecule has 1 aromatic rings. The summed E-state index contributed by atoms with van der Waals surface area (Å²) in [7, 11) is 0. The molecule has 86 valence electrons. The number of anilines is 1. The molecule has 16 heavy (non-hydrogen) atoms. The second-order valence-corrected chi connectivity index (χ2v) is 5.13. The van der Waals surface area contributed by atoms with Crippen LogP contribution in [0.5, 0.6) is 0 Å². The number of fused-ring (bicyclic) bond motifs is 1. The van der Waals surface area contributed by atoms with Crippen LogP contribution in [0.25, 0.3) is 0 Å². The SMILES string of the molecule is Cc1cc(N2CC[C@H]3CNC[C@H]32)cnc1Cl. The monoisotopic (exact) mass is 237 g/mol. The van der Waals surface area contributed by atoms with Gasteiger partial charge in [0.15, 0.2) is 0 Å². The Balaban J connectivity index is 1.89. The van der Waals surface area contributed by atoms with Crippen LogP contribution >= 0.6 is 11.6 Å². The Kier molecular flexibility index (Phi) is 2.52. The Labute approximate surface area is 101 Å². The first-order valence-corrected chi connectivity index (χ1v) is 6.23. The number of halogens is 1. The van der Waals surface area contributed by atoms with Gasteiger partial charge in [-0.05, 0) is 30.9 Å². The minimum absolute atomic E-state index is 0.615. The molecule has 0 aromatic carbocycles. The molecule has 0 radical (unpaired) electrons. The molecule has 0 saturated carbocycles. The van der Waals surface area contributed by atoms with Gasteiger partial charge in [0.25, 0.3) is 0 Å². The fourth-order valence-corrected chi connectivity index (χ4v) is 2.97. The van der Waals surface area contributed by atoms with Crippen LogP contribution < -0.4 is 10.2 Å². The van der Waals surface area contributed by atoms with E-state index in [0.717, 1.165) is 24.6 Å². The van der Waals surface area contributed by atoms with Gasteiger partial charge < -0.3 is 10.2 Å². The highest BCUT2D eigenvalue weighted by molar-refractivity contribution is 6.30. The molecule has 4 heteroatoms. The molecular formula is C12H16ClN3. The predicted molar refractivity (Wildman–Crippen MR) is 66.1 cm³/mol. The fourth-order valence-electron chi connectivity index (χ4n) is 2.87. The van der Waals surface area contributed by atoms with E-state index < -0.39 is 0 Å². The van der Waals surface area contributed by atoms with Gasteiger partial charge in [-0.2, -0.15) is 0 Å². The summed E-state index contributed by atoms with van der Waals surface area (Å²) < 4.78 is 0. The van der Waals surface area contributed by atoms with Crippen LogP contribution in [0.4, 0.5) is 5.69 Å². The maximum Gasteiger partial charge on any atom is 0.132 e. The van der Waals surface area contributed by atoms with Crippen molar-refractivity contribution >= 4 is 17.3 Å². The maximum absolute atomic E-state index is 5.96. The van der Waals surface area contributed by atoms with E-state index >= 15 is 0 Å². The number of hydrogen-bond acceptors (Lipinski definition) is 3. The molecule has 3 heterocycles. The van der Waals surface area contributed by atoms with Crippen molar-refractivity contribution in [3.05, 3.63) is 23.0 Å². The molecule has 0 bridgehead atoms. The van der Waals surface area contributed by atoms with Gasteiger partial charge in [-0.1, -0.05) is 11.6 Å². The standard InChI is InChI=1S/C12H16ClN3/c1-8-4-10(6-15-12(8)13)16-3-2-9-5-14-7-11(9)16/h4,6,9,11,14H,2-3,5,7H2,1H3/t9-,11+/m0/s1. The van der Waals surface area contributed by atoms with Gasteiger partial charge in [0, 0.05) is 25.7 Å². The number of pyridine rings is 1. The minimum atomic E-state index is 0.615. The van der Waals surface area contributed by atoms with Crippen molar-refractivity contribution in [2.24, 2.45) is 5.92 Å². The number of nitrogens with one attached hydrogen (secondary N) is 1. The second-order valence-electron chi connectivity index (χ2n) is 4.77. The van der Waals surface area contributed by atoms with E-state index in [2.05, 4.69) is 21.3 Å². The van der Waals surface area contributed by atoms with Crippen LogP contribution in [-0.4, -0.2) is 30.7 Å². The predicted octanol–water partition coefficient (Wildman–Crippen LogP) is 1.84. The third kappa shape index (κ3) is 1.59. The molecule has 2 atom stereocenters. The number of hydrogen-bond donors (Lipinski definition) is 1. The Hall–Kier alpha value is -0.800. The first-order valence-electron chi connectivity index (χ1n) is 5.85. The van der Waals surface area contributed by atoms with E-state index in [4.69, 9.17) is 11.6 Å². The molecule has 0 spiro atoms. The topological polar surface area (TPSA) is 28.2 Å². The van der Waals surface area contributed by atoms with Crippen LogP contribution in [0.15, 0.2) is 12.3 Å². The Morgan fingerprint density at radius 3 is 3.19 bits per heavy atom. The molecule has 2 aliphatic rings. The molecule has 0 aliphatic carbocycles. The molecule has 2 saturated heterocycles. The van der Waals surface area contributed by atoms with Crippen LogP contribution in [0, 0.1) is 12.8 Å². The molecular weight excluding hydrogens is 222 g/mol. The van der Waals surface area contributed by atoms with E-state index in [0.29, 0.717) is 11.2 Å². The normalized spacial score (nSPS) is 28.5. The lowest BCUT2D eigenvalue weighted by Gasteiger charge is -2.25. The third-order valence-electron chi connectivity index (χ3n) is 3.78. The van der Waals surface area contributed by atoms with Gasteiger partial charge in [0.1, 0.15) is 5.15 Å². The highest BCUT2D eigenvalue weighted by Gasteiger charge is 2.37. The summed E-state index contributed by atoms with van der Waals surface area (Å²) in [6.07, 6.45) is 3.19. The van der Waals surface area contributed by atoms with Gasteiger partial charge in [-0.15, -0.1) is 0 Å². The molecule has 0 unspecified atom stereocenters. The van der Waals surface area contributed by atoms with Crippen molar-refractivity contribution in [1.82, 2.24) is 10.3 Å². The first kappa shape index (κ1) is 10.4. The quantitative estimate of drug-likeness (QED) is 0.756. The zero-order valence-corrected chi connectivity index (χ0v) is 10.2. The summed E-state index contributed by atoms with van der Waals surface area (Å²) in [5, 5.41) is 4.08. The summed E-state index contributed by atoms with van der Waals surface area (Å²) in [5.74, 6) is 0.816. The Morgan fingerprint density at radius 2 is 2.38 bits per heavy atom. The van der Waals surface area contributed by atoms with Crippen LogP contribution in [0.2, 0.25) is 5.15 Å². The molecule has 1 aromatic heterocycles. The summed E-state index contributed by atoms with van der Waals surface area (Å²) >= 11 is 5.96. The summed E-state index contributed by atoms with van der Waals surface area (Å²) in [6.45, 7) is 5.44. The van der Waals surface area contributed by atoms with Crippen LogP contribution in [0.1, 0.15) is 12.0 Å². The van der Waals surface area contributed by atoms with Gasteiger partial charge in [0.2, 0.25) is 0 Å². The minimum Gasteiger partial charge on any atom is -0.366 e. The van der Waals surface area contributed by atoms with Gasteiger partial charge >= 0.3 is 0 Å². The van der Waals surface area contributed by atoms with Crippen molar-refractivity contribution in [3.8, 4) is 0 Å². The van der Waals surface area contributed by atoms with E-state index in [1.54, 1.807) is 0 Å². The summed E-state index contributed by atoms with van der Waals surface area (Å²) in [5.41, 5.74) is 2.28. The van der Waals surface area contributed by atoms with Crippen LogP contribution in [-0.2, 0) is 0 Å². The third-order valence-corrected chi connectivity index (χ3v) is 4.17. The van der Waals surface area contributed by atoms with Gasteiger partial charge in [-0.25, -0.2) is 4.98 Å².